The number of benzene rings is 3. The van der Waals surface area contributed by atoms with Crippen molar-refractivity contribution in [3.05, 3.63) is 105 Å². The summed E-state index contributed by atoms with van der Waals surface area (Å²) in [5.74, 6) is 0.290. The average molecular weight is 469 g/mol. The van der Waals surface area contributed by atoms with E-state index in [4.69, 9.17) is 32.7 Å². The van der Waals surface area contributed by atoms with Gasteiger partial charge in [-0.3, -0.25) is 0 Å². The van der Waals surface area contributed by atoms with Gasteiger partial charge in [0.25, 0.3) is 0 Å². The first kappa shape index (κ1) is 23.9. The van der Waals surface area contributed by atoms with Crippen molar-refractivity contribution in [3.63, 3.8) is 0 Å². The van der Waals surface area contributed by atoms with Gasteiger partial charge >= 0.3 is 5.97 Å². The lowest BCUT2D eigenvalue weighted by Gasteiger charge is -2.19. The molecule has 3 rings (SSSR count). The Bertz CT molecular complexity index is 1060. The Labute approximate surface area is 199 Å². The molecule has 0 aromatic heterocycles. The molecule has 32 heavy (non-hydrogen) atoms. The van der Waals surface area contributed by atoms with Crippen molar-refractivity contribution in [2.75, 3.05) is 0 Å². The molecule has 166 valence electrons. The van der Waals surface area contributed by atoms with Crippen LogP contribution in [0.25, 0.3) is 6.08 Å². The van der Waals surface area contributed by atoms with E-state index >= 15 is 0 Å². The summed E-state index contributed by atoms with van der Waals surface area (Å²) < 4.78 is 11.1. The minimum absolute atomic E-state index is 0.0974. The normalized spacial score (nSPS) is 11.5. The lowest BCUT2D eigenvalue weighted by Crippen LogP contribution is -2.10. The van der Waals surface area contributed by atoms with Crippen LogP contribution < -0.4 is 4.74 Å². The molecular weight excluding hydrogens is 443 g/mol. The molecule has 0 saturated heterocycles. The van der Waals surface area contributed by atoms with Crippen LogP contribution in [0.15, 0.2) is 72.8 Å². The highest BCUT2D eigenvalue weighted by atomic mass is 35.5. The second-order valence-corrected chi connectivity index (χ2v) is 9.26. The molecule has 0 spiro atoms. The molecule has 3 aromatic carbocycles. The average Bonchev–Trinajstić information content (AvgIpc) is 2.76. The lowest BCUT2D eigenvalue weighted by molar-refractivity contribution is -0.138. The molecule has 0 N–H and O–H groups in total. The molecule has 0 fully saturated rings. The molecule has 0 unspecified atom stereocenters. The van der Waals surface area contributed by atoms with Gasteiger partial charge in [0.2, 0.25) is 0 Å². The Hall–Kier alpha value is -2.75. The summed E-state index contributed by atoms with van der Waals surface area (Å²) >= 11 is 12.3. The number of carbonyl (C=O) groups is 1. The van der Waals surface area contributed by atoms with Crippen LogP contribution in [0.1, 0.15) is 43.0 Å². The molecule has 5 heteroatoms. The highest BCUT2D eigenvalue weighted by Crippen LogP contribution is 2.26. The molecule has 0 saturated carbocycles. The molecule has 3 aromatic rings. The molecule has 0 radical (unpaired) electrons. The highest BCUT2D eigenvalue weighted by Gasteiger charge is 2.13. The second kappa shape index (κ2) is 10.7. The van der Waals surface area contributed by atoms with Crippen molar-refractivity contribution in [1.29, 1.82) is 0 Å². The van der Waals surface area contributed by atoms with Crippen LogP contribution in [-0.4, -0.2) is 5.97 Å². The number of rotatable bonds is 7. The van der Waals surface area contributed by atoms with Crippen molar-refractivity contribution < 1.29 is 14.3 Å². The maximum absolute atomic E-state index is 12.0. The van der Waals surface area contributed by atoms with E-state index < -0.39 is 5.97 Å². The van der Waals surface area contributed by atoms with Crippen molar-refractivity contribution in [2.45, 2.75) is 39.4 Å². The first-order valence-corrected chi connectivity index (χ1v) is 11.1. The van der Waals surface area contributed by atoms with E-state index in [-0.39, 0.29) is 18.6 Å². The molecule has 0 heterocycles. The number of hydrogen-bond acceptors (Lipinski definition) is 3. The third-order valence-corrected chi connectivity index (χ3v) is 5.65. The van der Waals surface area contributed by atoms with Gasteiger partial charge in [0.15, 0.2) is 0 Å². The first-order valence-electron chi connectivity index (χ1n) is 10.3. The van der Waals surface area contributed by atoms with E-state index in [1.54, 1.807) is 24.3 Å². The third kappa shape index (κ3) is 6.88. The fraction of sp³-hybridized carbons (Fsp3) is 0.222. The highest BCUT2D eigenvalue weighted by molar-refractivity contribution is 6.35. The summed E-state index contributed by atoms with van der Waals surface area (Å²) in [6, 6.07) is 20.8. The summed E-state index contributed by atoms with van der Waals surface area (Å²) in [6.45, 7) is 7.02. The van der Waals surface area contributed by atoms with E-state index in [2.05, 4.69) is 32.9 Å². The Kier molecular flexibility index (Phi) is 8.00. The number of halogens is 2. The largest absolute Gasteiger partial charge is 0.489 e. The summed E-state index contributed by atoms with van der Waals surface area (Å²) in [5.41, 5.74) is 3.91. The van der Waals surface area contributed by atoms with Crippen molar-refractivity contribution in [1.82, 2.24) is 0 Å². The minimum Gasteiger partial charge on any atom is -0.489 e. The monoisotopic (exact) mass is 468 g/mol. The summed E-state index contributed by atoms with van der Waals surface area (Å²) in [6.07, 6.45) is 3.13. The Morgan fingerprint density at radius 3 is 2.09 bits per heavy atom. The maximum atomic E-state index is 12.0. The number of carbonyl (C=O) groups excluding carboxylic acids is 1. The molecule has 0 atom stereocenters. The molecule has 0 aliphatic heterocycles. The van der Waals surface area contributed by atoms with Gasteiger partial charge in [0, 0.05) is 21.7 Å². The second-order valence-electron chi connectivity index (χ2n) is 8.45. The molecule has 3 nitrogen and oxygen atoms in total. The topological polar surface area (TPSA) is 35.5 Å². The lowest BCUT2D eigenvalue weighted by atomic mass is 9.87. The van der Waals surface area contributed by atoms with Gasteiger partial charge in [-0.1, -0.05) is 86.4 Å². The Morgan fingerprint density at radius 2 is 1.50 bits per heavy atom. The zero-order valence-electron chi connectivity index (χ0n) is 18.4. The predicted molar refractivity (Wildman–Crippen MR) is 131 cm³/mol. The van der Waals surface area contributed by atoms with E-state index in [1.807, 2.05) is 36.4 Å². The fourth-order valence-electron chi connectivity index (χ4n) is 2.97. The van der Waals surface area contributed by atoms with Crippen molar-refractivity contribution in [2.24, 2.45) is 0 Å². The summed E-state index contributed by atoms with van der Waals surface area (Å²) in [4.78, 5) is 12.0. The Morgan fingerprint density at radius 1 is 0.875 bits per heavy atom. The minimum atomic E-state index is -0.390. The third-order valence-electron chi connectivity index (χ3n) is 4.94. The van der Waals surface area contributed by atoms with Crippen molar-refractivity contribution in [3.8, 4) is 5.75 Å². The zero-order valence-corrected chi connectivity index (χ0v) is 19.9. The summed E-state index contributed by atoms with van der Waals surface area (Å²) in [5, 5.41) is 1.14. The van der Waals surface area contributed by atoms with Crippen LogP contribution in [0, 0.1) is 0 Å². The standard InChI is InChI=1S/C27H26Cl2O3/c1-27(2,3)21-12-7-20(8-13-21)17-32-26(30)16-11-19-9-14-22(15-10-19)31-18-23-24(28)5-4-6-25(23)29/h4-16H,17-18H2,1-3H3/b16-11+. The van der Waals surface area contributed by atoms with E-state index in [1.165, 1.54) is 11.6 Å². The van der Waals surface area contributed by atoms with E-state index in [0.29, 0.717) is 15.8 Å². The van der Waals surface area contributed by atoms with Crippen LogP contribution >= 0.6 is 23.2 Å². The van der Waals surface area contributed by atoms with Crippen LogP contribution in [-0.2, 0) is 28.2 Å². The van der Waals surface area contributed by atoms with Gasteiger partial charge in [-0.25, -0.2) is 4.79 Å². The van der Waals surface area contributed by atoms with Crippen LogP contribution in [0.3, 0.4) is 0 Å². The van der Waals surface area contributed by atoms with E-state index in [0.717, 1.165) is 16.7 Å². The predicted octanol–water partition coefficient (Wildman–Crippen LogP) is 7.63. The smallest absolute Gasteiger partial charge is 0.331 e. The van der Waals surface area contributed by atoms with E-state index in [9.17, 15) is 4.79 Å². The summed E-state index contributed by atoms with van der Waals surface area (Å²) in [7, 11) is 0. The first-order chi connectivity index (χ1) is 15.2. The fourth-order valence-corrected chi connectivity index (χ4v) is 3.48. The van der Waals surface area contributed by atoms with Crippen LogP contribution in [0.2, 0.25) is 10.0 Å². The van der Waals surface area contributed by atoms with Crippen LogP contribution in [0.5, 0.6) is 5.75 Å². The molecular formula is C27H26Cl2O3. The molecule has 0 aliphatic rings. The SMILES string of the molecule is CC(C)(C)c1ccc(COC(=O)/C=C/c2ccc(OCc3c(Cl)cccc3Cl)cc2)cc1. The van der Waals surface area contributed by atoms with Gasteiger partial charge < -0.3 is 9.47 Å². The van der Waals surface area contributed by atoms with Gasteiger partial charge in [-0.05, 0) is 52.4 Å². The maximum Gasteiger partial charge on any atom is 0.331 e. The number of esters is 1. The van der Waals surface area contributed by atoms with Gasteiger partial charge in [0.1, 0.15) is 19.0 Å². The zero-order chi connectivity index (χ0) is 23.1. The number of hydrogen-bond donors (Lipinski definition) is 0. The van der Waals surface area contributed by atoms with Crippen LogP contribution in [0.4, 0.5) is 0 Å². The molecule has 0 aliphatic carbocycles. The van der Waals surface area contributed by atoms with Gasteiger partial charge in [-0.2, -0.15) is 0 Å². The Balaban J connectivity index is 1.49. The van der Waals surface area contributed by atoms with Gasteiger partial charge in [-0.15, -0.1) is 0 Å². The van der Waals surface area contributed by atoms with Gasteiger partial charge in [0.05, 0.1) is 0 Å². The molecule has 0 amide bonds. The molecule has 0 bridgehead atoms. The quantitative estimate of drug-likeness (QED) is 0.264. The van der Waals surface area contributed by atoms with Crippen molar-refractivity contribution >= 4 is 35.2 Å². The number of ether oxygens (including phenoxy) is 2.